The van der Waals surface area contributed by atoms with E-state index in [1.807, 2.05) is 39.5 Å². The van der Waals surface area contributed by atoms with E-state index < -0.39 is 0 Å². The predicted octanol–water partition coefficient (Wildman–Crippen LogP) is 3.21. The molecule has 1 fully saturated rings. The average Bonchev–Trinajstić information content (AvgIpc) is 3.51. The second-order valence-corrected chi connectivity index (χ2v) is 10.8. The summed E-state index contributed by atoms with van der Waals surface area (Å²) in [6.45, 7) is 14.4. The van der Waals surface area contributed by atoms with Crippen molar-refractivity contribution in [3.63, 3.8) is 0 Å². The van der Waals surface area contributed by atoms with Gasteiger partial charge in [-0.2, -0.15) is 16.9 Å². The maximum Gasteiger partial charge on any atom is 0.240 e. The molecule has 0 bridgehead atoms. The fraction of sp³-hybridized carbons (Fsp3) is 0.680. The van der Waals surface area contributed by atoms with Crippen molar-refractivity contribution in [2.75, 3.05) is 49.3 Å². The van der Waals surface area contributed by atoms with E-state index in [4.69, 9.17) is 14.2 Å². The summed E-state index contributed by atoms with van der Waals surface area (Å²) in [6, 6.07) is 8.49. The van der Waals surface area contributed by atoms with Crippen molar-refractivity contribution in [1.29, 1.82) is 0 Å². The van der Waals surface area contributed by atoms with Crippen LogP contribution in [0.5, 0.6) is 0 Å². The fourth-order valence-corrected chi connectivity index (χ4v) is 4.56. The van der Waals surface area contributed by atoms with Crippen LogP contribution in [0.15, 0.2) is 29.4 Å². The van der Waals surface area contributed by atoms with Crippen molar-refractivity contribution in [3.05, 3.63) is 29.8 Å². The number of carbonyl (C=O) groups is 1. The van der Waals surface area contributed by atoms with Crippen LogP contribution in [0, 0.1) is 5.92 Å². The van der Waals surface area contributed by atoms with Crippen molar-refractivity contribution in [1.82, 2.24) is 10.7 Å². The van der Waals surface area contributed by atoms with Crippen LogP contribution < -0.4 is 15.6 Å². The molecular weight excluding hydrogens is 452 g/mol. The minimum Gasteiger partial charge on any atom is -0.379 e. The van der Waals surface area contributed by atoms with Gasteiger partial charge in [0.05, 0.1) is 24.5 Å². The number of hydrazone groups is 1. The van der Waals surface area contributed by atoms with Gasteiger partial charge in [0.25, 0.3) is 0 Å². The molecule has 9 heteroatoms. The Kier molecular flexibility index (Phi) is 10.2. The number of hydrogen-bond acceptors (Lipinski definition) is 8. The van der Waals surface area contributed by atoms with Crippen LogP contribution in [0.25, 0.3) is 0 Å². The molecule has 2 unspecified atom stereocenters. The van der Waals surface area contributed by atoms with Crippen molar-refractivity contribution >= 4 is 29.1 Å². The quantitative estimate of drug-likeness (QED) is 0.305. The summed E-state index contributed by atoms with van der Waals surface area (Å²) in [5.74, 6) is 2.15. The summed E-state index contributed by atoms with van der Waals surface area (Å²) in [6.07, 6.45) is 0.340. The third kappa shape index (κ3) is 8.85. The minimum atomic E-state index is -0.186. The van der Waals surface area contributed by atoms with Crippen molar-refractivity contribution in [3.8, 4) is 0 Å². The zero-order chi connectivity index (χ0) is 24.6. The summed E-state index contributed by atoms with van der Waals surface area (Å²) in [5, 5.41) is 7.54. The molecular formula is C25H40N4O4S. The third-order valence-electron chi connectivity index (χ3n) is 5.56. The number of anilines is 1. The number of thioether (sulfide) groups is 1. The molecule has 2 aliphatic heterocycles. The SMILES string of the molecule is CCN(CCSCCOCCNC1OC1OC(C)(C)C)c1ccc(C2=NNC(=O)C[C@H]2C)cc1. The van der Waals surface area contributed by atoms with Crippen LogP contribution in [0.1, 0.15) is 46.6 Å². The Morgan fingerprint density at radius 1 is 1.24 bits per heavy atom. The molecule has 1 aromatic rings. The molecule has 0 aromatic heterocycles. The highest BCUT2D eigenvalue weighted by Gasteiger charge is 2.42. The van der Waals surface area contributed by atoms with Gasteiger partial charge < -0.3 is 19.1 Å². The normalized spacial score (nSPS) is 22.3. The topological polar surface area (TPSA) is 87.7 Å². The summed E-state index contributed by atoms with van der Waals surface area (Å²) < 4.78 is 16.9. The van der Waals surface area contributed by atoms with Gasteiger partial charge in [-0.3, -0.25) is 10.1 Å². The predicted molar refractivity (Wildman–Crippen MR) is 138 cm³/mol. The van der Waals surface area contributed by atoms with Crippen LogP contribution in [0.2, 0.25) is 0 Å². The highest BCUT2D eigenvalue weighted by atomic mass is 32.2. The molecule has 1 amide bonds. The van der Waals surface area contributed by atoms with Gasteiger partial charge in [-0.15, -0.1) is 0 Å². The molecule has 0 radical (unpaired) electrons. The van der Waals surface area contributed by atoms with E-state index in [1.54, 1.807) is 0 Å². The number of carbonyl (C=O) groups excluding carboxylic acids is 1. The molecule has 2 heterocycles. The van der Waals surface area contributed by atoms with E-state index in [9.17, 15) is 4.79 Å². The Morgan fingerprint density at radius 3 is 2.68 bits per heavy atom. The number of ether oxygens (including phenoxy) is 3. The smallest absolute Gasteiger partial charge is 0.240 e. The molecule has 8 nitrogen and oxygen atoms in total. The lowest BCUT2D eigenvalue weighted by atomic mass is 9.94. The number of hydrogen-bond donors (Lipinski definition) is 2. The Labute approximate surface area is 208 Å². The Morgan fingerprint density at radius 2 is 2.00 bits per heavy atom. The first-order valence-electron chi connectivity index (χ1n) is 12.2. The van der Waals surface area contributed by atoms with Crippen LogP contribution in [0.3, 0.4) is 0 Å². The van der Waals surface area contributed by atoms with Gasteiger partial charge in [0.15, 0.2) is 12.5 Å². The number of epoxide rings is 1. The Hall–Kier alpha value is -1.65. The first kappa shape index (κ1) is 26.9. The molecule has 3 rings (SSSR count). The standard InChI is InChI=1S/C25H40N4O4S/c1-6-29(20-9-7-19(8-10-20)22-18(2)17-21(30)27-28-22)12-15-34-16-14-31-13-11-26-23-24(32-23)33-25(3,4)5/h7-10,18,23-24,26H,6,11-17H2,1-5H3,(H,27,30)/t18-,23?,24?/m1/s1. The third-order valence-corrected chi connectivity index (χ3v) is 6.49. The second-order valence-electron chi connectivity index (χ2n) is 9.60. The van der Waals surface area contributed by atoms with Gasteiger partial charge in [-0.05, 0) is 45.4 Å². The largest absolute Gasteiger partial charge is 0.379 e. The maximum atomic E-state index is 11.5. The van der Waals surface area contributed by atoms with E-state index in [0.717, 1.165) is 49.0 Å². The number of rotatable bonds is 14. The van der Waals surface area contributed by atoms with Gasteiger partial charge in [0.1, 0.15) is 0 Å². The highest BCUT2D eigenvalue weighted by Crippen LogP contribution is 2.26. The Balaban J connectivity index is 1.26. The zero-order valence-corrected chi connectivity index (χ0v) is 22.0. The van der Waals surface area contributed by atoms with Gasteiger partial charge in [0, 0.05) is 49.2 Å². The van der Waals surface area contributed by atoms with Crippen LogP contribution in [-0.2, 0) is 19.0 Å². The monoisotopic (exact) mass is 492 g/mol. The molecule has 34 heavy (non-hydrogen) atoms. The average molecular weight is 493 g/mol. The molecule has 0 saturated carbocycles. The summed E-state index contributed by atoms with van der Waals surface area (Å²) in [4.78, 5) is 13.9. The number of benzene rings is 1. The van der Waals surface area contributed by atoms with Crippen molar-refractivity contribution in [2.24, 2.45) is 11.0 Å². The van der Waals surface area contributed by atoms with Crippen LogP contribution in [-0.4, -0.2) is 74.1 Å². The molecule has 3 atom stereocenters. The minimum absolute atomic E-state index is 0.00813. The second kappa shape index (κ2) is 12.9. The molecule has 2 aliphatic rings. The molecule has 1 aromatic carbocycles. The highest BCUT2D eigenvalue weighted by molar-refractivity contribution is 7.99. The van der Waals surface area contributed by atoms with Gasteiger partial charge in [-0.1, -0.05) is 19.1 Å². The van der Waals surface area contributed by atoms with Crippen LogP contribution in [0.4, 0.5) is 5.69 Å². The number of nitrogens with zero attached hydrogens (tertiary/aromatic N) is 2. The van der Waals surface area contributed by atoms with Gasteiger partial charge >= 0.3 is 0 Å². The van der Waals surface area contributed by atoms with Gasteiger partial charge in [0.2, 0.25) is 5.91 Å². The zero-order valence-electron chi connectivity index (χ0n) is 21.1. The Bertz CT molecular complexity index is 812. The number of nitrogens with one attached hydrogen (secondary N) is 2. The molecule has 190 valence electrons. The van der Waals surface area contributed by atoms with E-state index >= 15 is 0 Å². The van der Waals surface area contributed by atoms with Crippen LogP contribution >= 0.6 is 11.8 Å². The molecule has 1 saturated heterocycles. The van der Waals surface area contributed by atoms with Gasteiger partial charge in [-0.25, -0.2) is 5.43 Å². The summed E-state index contributed by atoms with van der Waals surface area (Å²) >= 11 is 1.91. The van der Waals surface area contributed by atoms with E-state index in [1.165, 1.54) is 5.69 Å². The lowest BCUT2D eigenvalue weighted by Crippen LogP contribution is -2.32. The fourth-order valence-electron chi connectivity index (χ4n) is 3.77. The first-order chi connectivity index (χ1) is 16.3. The van der Waals surface area contributed by atoms with Crippen molar-refractivity contribution < 1.29 is 19.0 Å². The molecule has 0 aliphatic carbocycles. The maximum absolute atomic E-state index is 11.5. The lowest BCUT2D eigenvalue weighted by molar-refractivity contribution is -0.121. The molecule has 0 spiro atoms. The van der Waals surface area contributed by atoms with Crippen molar-refractivity contribution in [2.45, 2.75) is 59.2 Å². The lowest BCUT2D eigenvalue weighted by Gasteiger charge is -2.24. The first-order valence-corrected chi connectivity index (χ1v) is 13.4. The van der Waals surface area contributed by atoms with E-state index in [2.05, 4.69) is 51.9 Å². The number of amides is 1. The summed E-state index contributed by atoms with van der Waals surface area (Å²) in [7, 11) is 0. The van der Waals surface area contributed by atoms with E-state index in [-0.39, 0.29) is 29.9 Å². The molecule has 2 N–H and O–H groups in total. The van der Waals surface area contributed by atoms with E-state index in [0.29, 0.717) is 13.0 Å². The summed E-state index contributed by atoms with van der Waals surface area (Å²) in [5.41, 5.74) is 5.63.